The van der Waals surface area contributed by atoms with E-state index in [-0.39, 0.29) is 11.8 Å². The molecule has 1 aliphatic carbocycles. The van der Waals surface area contributed by atoms with Gasteiger partial charge in [0.2, 0.25) is 5.91 Å². The molecule has 0 N–H and O–H groups in total. The lowest BCUT2D eigenvalue weighted by atomic mass is 9.88. The Morgan fingerprint density at radius 2 is 2.00 bits per heavy atom. The summed E-state index contributed by atoms with van der Waals surface area (Å²) in [6.45, 7) is 2.15. The van der Waals surface area contributed by atoms with E-state index in [1.54, 1.807) is 6.20 Å². The predicted octanol–water partition coefficient (Wildman–Crippen LogP) is 3.21. The third-order valence-electron chi connectivity index (χ3n) is 5.57. The number of hydrogen-bond acceptors (Lipinski definition) is 3. The fourth-order valence-electron chi connectivity index (χ4n) is 4.04. The number of imidazole rings is 1. The lowest BCUT2D eigenvalue weighted by molar-refractivity contribution is -0.133. The molecule has 0 bridgehead atoms. The number of rotatable bonds is 4. The van der Waals surface area contributed by atoms with Crippen LogP contribution in [0.5, 0.6) is 0 Å². The van der Waals surface area contributed by atoms with Crippen LogP contribution < -0.4 is 0 Å². The monoisotopic (exact) mass is 358 g/mol. The van der Waals surface area contributed by atoms with E-state index in [1.807, 2.05) is 29.6 Å². The van der Waals surface area contributed by atoms with Crippen molar-refractivity contribution >= 4 is 5.91 Å². The van der Waals surface area contributed by atoms with Gasteiger partial charge in [-0.15, -0.1) is 0 Å². The third-order valence-corrected chi connectivity index (χ3v) is 5.57. The van der Waals surface area contributed by atoms with Gasteiger partial charge in [-0.2, -0.15) is 0 Å². The number of benzene rings is 1. The molecule has 27 heavy (non-hydrogen) atoms. The Morgan fingerprint density at radius 1 is 1.11 bits per heavy atom. The number of pyridine rings is 1. The summed E-state index contributed by atoms with van der Waals surface area (Å²) in [7, 11) is 0. The van der Waals surface area contributed by atoms with Crippen molar-refractivity contribution in [3.8, 4) is 0 Å². The number of hydrogen-bond donors (Lipinski definition) is 0. The van der Waals surface area contributed by atoms with Crippen LogP contribution >= 0.6 is 0 Å². The minimum Gasteiger partial charge on any atom is -0.337 e. The Morgan fingerprint density at radius 3 is 2.81 bits per heavy atom. The van der Waals surface area contributed by atoms with Crippen LogP contribution in [0.3, 0.4) is 0 Å². The van der Waals surface area contributed by atoms with Gasteiger partial charge in [-0.05, 0) is 35.6 Å². The Hall–Kier alpha value is -2.95. The standard InChI is InChI=1S/C22H22N4O/c27-22(17-7-8-17)26-14-18-5-1-2-6-19(18)20(15-26)21-24-10-11-25(21)13-16-4-3-9-23-12-16/h1-6,9-12,17,20H,7-8,13-15H2. The van der Waals surface area contributed by atoms with Crippen molar-refractivity contribution in [2.75, 3.05) is 6.54 Å². The quantitative estimate of drug-likeness (QED) is 0.720. The fourth-order valence-corrected chi connectivity index (χ4v) is 4.04. The van der Waals surface area contributed by atoms with Crippen LogP contribution in [0.25, 0.3) is 0 Å². The Labute approximate surface area is 158 Å². The van der Waals surface area contributed by atoms with Crippen LogP contribution in [0.4, 0.5) is 0 Å². The zero-order valence-electron chi connectivity index (χ0n) is 15.2. The summed E-state index contributed by atoms with van der Waals surface area (Å²) >= 11 is 0. The zero-order chi connectivity index (χ0) is 18.2. The summed E-state index contributed by atoms with van der Waals surface area (Å²) in [5.74, 6) is 1.66. The molecule has 1 atom stereocenters. The number of amides is 1. The summed E-state index contributed by atoms with van der Waals surface area (Å²) in [6, 6.07) is 12.5. The lowest BCUT2D eigenvalue weighted by Crippen LogP contribution is -2.40. The van der Waals surface area contributed by atoms with Gasteiger partial charge in [-0.3, -0.25) is 9.78 Å². The Bertz CT molecular complexity index is 961. The molecule has 2 aromatic heterocycles. The summed E-state index contributed by atoms with van der Waals surface area (Å²) < 4.78 is 2.18. The van der Waals surface area contributed by atoms with Crippen molar-refractivity contribution in [3.63, 3.8) is 0 Å². The molecule has 1 aromatic carbocycles. The van der Waals surface area contributed by atoms with Gasteiger partial charge in [0.05, 0.1) is 12.5 Å². The molecule has 1 fully saturated rings. The highest BCUT2D eigenvalue weighted by atomic mass is 16.2. The highest BCUT2D eigenvalue weighted by Crippen LogP contribution is 2.37. The number of carbonyl (C=O) groups excluding carboxylic acids is 1. The molecule has 3 aromatic rings. The molecule has 2 aliphatic rings. The lowest BCUT2D eigenvalue weighted by Gasteiger charge is -2.35. The van der Waals surface area contributed by atoms with Gasteiger partial charge < -0.3 is 9.47 Å². The SMILES string of the molecule is O=C(C1CC1)N1Cc2ccccc2C(c2nccn2Cc2cccnc2)C1. The molecule has 0 radical (unpaired) electrons. The average molecular weight is 358 g/mol. The maximum Gasteiger partial charge on any atom is 0.226 e. The van der Waals surface area contributed by atoms with Crippen molar-refractivity contribution in [2.45, 2.75) is 31.8 Å². The predicted molar refractivity (Wildman–Crippen MR) is 102 cm³/mol. The number of fused-ring (bicyclic) bond motifs is 1. The first kappa shape index (κ1) is 16.2. The van der Waals surface area contributed by atoms with Crippen LogP contribution in [-0.4, -0.2) is 31.9 Å². The fraction of sp³-hybridized carbons (Fsp3) is 0.318. The largest absolute Gasteiger partial charge is 0.337 e. The molecule has 1 unspecified atom stereocenters. The molecular formula is C22H22N4O. The second-order valence-corrected chi connectivity index (χ2v) is 7.52. The van der Waals surface area contributed by atoms with Crippen LogP contribution in [0.2, 0.25) is 0 Å². The minimum absolute atomic E-state index is 0.101. The minimum atomic E-state index is 0.101. The van der Waals surface area contributed by atoms with E-state index in [1.165, 1.54) is 11.1 Å². The van der Waals surface area contributed by atoms with Crippen LogP contribution in [0.1, 0.15) is 41.3 Å². The molecular weight excluding hydrogens is 336 g/mol. The first-order chi connectivity index (χ1) is 13.3. The molecule has 1 aliphatic heterocycles. The van der Waals surface area contributed by atoms with Crippen LogP contribution in [-0.2, 0) is 17.9 Å². The van der Waals surface area contributed by atoms with Crippen molar-refractivity contribution in [1.29, 1.82) is 0 Å². The van der Waals surface area contributed by atoms with E-state index < -0.39 is 0 Å². The van der Waals surface area contributed by atoms with E-state index in [0.29, 0.717) is 19.0 Å². The van der Waals surface area contributed by atoms with Crippen molar-refractivity contribution in [3.05, 3.63) is 83.7 Å². The Kier molecular flexibility index (Phi) is 4.00. The molecule has 5 rings (SSSR count). The van der Waals surface area contributed by atoms with Gasteiger partial charge in [0.15, 0.2) is 0 Å². The Balaban J connectivity index is 1.50. The highest BCUT2D eigenvalue weighted by molar-refractivity contribution is 5.81. The molecule has 3 heterocycles. The van der Waals surface area contributed by atoms with Gasteiger partial charge in [0, 0.05) is 43.8 Å². The second kappa shape index (κ2) is 6.65. The highest BCUT2D eigenvalue weighted by Gasteiger charge is 2.38. The van der Waals surface area contributed by atoms with Crippen LogP contribution in [0.15, 0.2) is 61.2 Å². The van der Waals surface area contributed by atoms with E-state index >= 15 is 0 Å². The maximum atomic E-state index is 12.8. The van der Waals surface area contributed by atoms with Crippen molar-refractivity contribution < 1.29 is 4.79 Å². The normalized spacial score (nSPS) is 19.0. The van der Waals surface area contributed by atoms with Crippen molar-refractivity contribution in [2.24, 2.45) is 5.92 Å². The molecule has 0 spiro atoms. The topological polar surface area (TPSA) is 51.0 Å². The van der Waals surface area contributed by atoms with Crippen molar-refractivity contribution in [1.82, 2.24) is 19.4 Å². The van der Waals surface area contributed by atoms with E-state index in [4.69, 9.17) is 4.98 Å². The second-order valence-electron chi connectivity index (χ2n) is 7.52. The first-order valence-electron chi connectivity index (χ1n) is 9.56. The zero-order valence-corrected chi connectivity index (χ0v) is 15.2. The number of carbonyl (C=O) groups is 1. The molecule has 1 amide bonds. The molecule has 136 valence electrons. The third kappa shape index (κ3) is 3.14. The molecule has 5 nitrogen and oxygen atoms in total. The summed E-state index contributed by atoms with van der Waals surface area (Å²) in [5.41, 5.74) is 3.67. The van der Waals surface area contributed by atoms with Crippen LogP contribution in [0, 0.1) is 5.92 Å². The molecule has 1 saturated carbocycles. The van der Waals surface area contributed by atoms with Gasteiger partial charge >= 0.3 is 0 Å². The van der Waals surface area contributed by atoms with E-state index in [2.05, 4.69) is 39.9 Å². The maximum absolute atomic E-state index is 12.8. The molecule has 0 saturated heterocycles. The average Bonchev–Trinajstić information content (AvgIpc) is 3.47. The number of nitrogens with zero attached hydrogens (tertiary/aromatic N) is 4. The van der Waals surface area contributed by atoms with Gasteiger partial charge in [-0.1, -0.05) is 30.3 Å². The summed E-state index contributed by atoms with van der Waals surface area (Å²) in [4.78, 5) is 23.7. The van der Waals surface area contributed by atoms with Gasteiger partial charge in [0.25, 0.3) is 0 Å². The van der Waals surface area contributed by atoms with Gasteiger partial charge in [-0.25, -0.2) is 4.98 Å². The van der Waals surface area contributed by atoms with E-state index in [9.17, 15) is 4.79 Å². The smallest absolute Gasteiger partial charge is 0.226 e. The van der Waals surface area contributed by atoms with E-state index in [0.717, 1.165) is 30.8 Å². The first-order valence-corrected chi connectivity index (χ1v) is 9.56. The summed E-state index contributed by atoms with van der Waals surface area (Å²) in [5, 5.41) is 0. The molecule has 5 heteroatoms. The number of aromatic nitrogens is 3. The van der Waals surface area contributed by atoms with Gasteiger partial charge in [0.1, 0.15) is 5.82 Å². The summed E-state index contributed by atoms with van der Waals surface area (Å²) in [6.07, 6.45) is 9.63.